The molecule has 0 radical (unpaired) electrons. The molecule has 0 N–H and O–H groups in total. The molecule has 0 unspecified atom stereocenters. The summed E-state index contributed by atoms with van der Waals surface area (Å²) in [5, 5.41) is 0. The van der Waals surface area contributed by atoms with E-state index in [1.807, 2.05) is 13.0 Å². The van der Waals surface area contributed by atoms with Crippen molar-refractivity contribution in [1.82, 2.24) is 0 Å². The Morgan fingerprint density at radius 3 is 2.87 bits per heavy atom. The predicted octanol–water partition coefficient (Wildman–Crippen LogP) is 3.52. The average Bonchev–Trinajstić information content (AvgIpc) is 2.20. The summed E-state index contributed by atoms with van der Waals surface area (Å²) in [6, 6.07) is 3.68. The third-order valence-electron chi connectivity index (χ3n) is 1.96. The van der Waals surface area contributed by atoms with Crippen molar-refractivity contribution in [1.29, 1.82) is 0 Å². The summed E-state index contributed by atoms with van der Waals surface area (Å²) in [7, 11) is 0. The van der Waals surface area contributed by atoms with Gasteiger partial charge in [-0.3, -0.25) is 4.79 Å². The van der Waals surface area contributed by atoms with E-state index < -0.39 is 0 Å². The van der Waals surface area contributed by atoms with Crippen LogP contribution in [0.5, 0.6) is 5.75 Å². The molecular weight excluding hydrogens is 256 g/mol. The van der Waals surface area contributed by atoms with Crippen molar-refractivity contribution in [2.24, 2.45) is 0 Å². The van der Waals surface area contributed by atoms with E-state index in [0.29, 0.717) is 17.9 Å². The number of ether oxygens (including phenoxy) is 1. The Hall–Kier alpha value is -1.09. The topological polar surface area (TPSA) is 26.3 Å². The molecule has 15 heavy (non-hydrogen) atoms. The zero-order valence-electron chi connectivity index (χ0n) is 8.63. The van der Waals surface area contributed by atoms with Crippen LogP contribution >= 0.6 is 15.9 Å². The molecule has 0 saturated heterocycles. The summed E-state index contributed by atoms with van der Waals surface area (Å²) < 4.78 is 6.42. The van der Waals surface area contributed by atoms with Crippen LogP contribution in [0.1, 0.15) is 22.3 Å². The normalized spacial score (nSPS) is 9.73. The number of halogens is 1. The summed E-state index contributed by atoms with van der Waals surface area (Å²) >= 11 is 3.34. The van der Waals surface area contributed by atoms with Crippen LogP contribution in [0.3, 0.4) is 0 Å². The zero-order valence-corrected chi connectivity index (χ0v) is 10.2. The van der Waals surface area contributed by atoms with E-state index in [9.17, 15) is 4.79 Å². The number of aryl methyl sites for hydroxylation is 1. The number of hydrogen-bond donors (Lipinski definition) is 0. The minimum Gasteiger partial charge on any atom is -0.492 e. The molecule has 80 valence electrons. The second kappa shape index (κ2) is 5.71. The van der Waals surface area contributed by atoms with E-state index in [4.69, 9.17) is 4.74 Å². The molecule has 1 aromatic rings. The van der Waals surface area contributed by atoms with Gasteiger partial charge in [0.1, 0.15) is 5.75 Å². The SMILES string of the molecule is C=CCCOc1c(C)cc(Br)cc1C=O. The largest absolute Gasteiger partial charge is 0.492 e. The first-order valence-electron chi connectivity index (χ1n) is 4.68. The molecule has 0 aliphatic heterocycles. The fraction of sp³-hybridized carbons (Fsp3) is 0.250. The smallest absolute Gasteiger partial charge is 0.153 e. The number of rotatable bonds is 5. The van der Waals surface area contributed by atoms with Gasteiger partial charge in [-0.1, -0.05) is 22.0 Å². The monoisotopic (exact) mass is 268 g/mol. The van der Waals surface area contributed by atoms with Crippen LogP contribution in [0.15, 0.2) is 29.3 Å². The summed E-state index contributed by atoms with van der Waals surface area (Å²) in [5.41, 5.74) is 1.53. The van der Waals surface area contributed by atoms with Gasteiger partial charge in [0.05, 0.1) is 12.2 Å². The minimum atomic E-state index is 0.548. The van der Waals surface area contributed by atoms with Gasteiger partial charge in [0.15, 0.2) is 6.29 Å². The quantitative estimate of drug-likeness (QED) is 0.464. The molecule has 0 heterocycles. The maximum atomic E-state index is 10.8. The molecule has 1 aromatic carbocycles. The van der Waals surface area contributed by atoms with Gasteiger partial charge in [-0.05, 0) is 31.0 Å². The van der Waals surface area contributed by atoms with Gasteiger partial charge in [-0.25, -0.2) is 0 Å². The molecule has 3 heteroatoms. The summed E-state index contributed by atoms with van der Waals surface area (Å²) in [6.45, 7) is 6.08. The second-order valence-electron chi connectivity index (χ2n) is 3.18. The Morgan fingerprint density at radius 2 is 2.27 bits per heavy atom. The lowest BCUT2D eigenvalue weighted by Gasteiger charge is -2.10. The summed E-state index contributed by atoms with van der Waals surface area (Å²) in [5.74, 6) is 0.662. The Morgan fingerprint density at radius 1 is 1.53 bits per heavy atom. The van der Waals surface area contributed by atoms with Crippen molar-refractivity contribution in [3.8, 4) is 5.75 Å². The van der Waals surface area contributed by atoms with Gasteiger partial charge in [0.25, 0.3) is 0 Å². The minimum absolute atomic E-state index is 0.548. The predicted molar refractivity (Wildman–Crippen MR) is 64.6 cm³/mol. The third kappa shape index (κ3) is 3.20. The van der Waals surface area contributed by atoms with Crippen molar-refractivity contribution in [2.75, 3.05) is 6.61 Å². The van der Waals surface area contributed by atoms with E-state index in [1.54, 1.807) is 12.1 Å². The molecule has 0 bridgehead atoms. The lowest BCUT2D eigenvalue weighted by molar-refractivity contribution is 0.111. The molecule has 0 aliphatic rings. The molecule has 1 rings (SSSR count). The van der Waals surface area contributed by atoms with Crippen LogP contribution in [0.25, 0.3) is 0 Å². The summed E-state index contributed by atoms with van der Waals surface area (Å²) in [6.07, 6.45) is 3.36. The fourth-order valence-electron chi connectivity index (χ4n) is 1.28. The highest BCUT2D eigenvalue weighted by Gasteiger charge is 2.07. The van der Waals surface area contributed by atoms with Crippen molar-refractivity contribution in [3.63, 3.8) is 0 Å². The number of aldehydes is 1. The number of carbonyl (C=O) groups excluding carboxylic acids is 1. The Labute approximate surface area is 98.1 Å². The van der Waals surface area contributed by atoms with Gasteiger partial charge in [-0.2, -0.15) is 0 Å². The molecule has 0 aromatic heterocycles. The van der Waals surface area contributed by atoms with Gasteiger partial charge in [-0.15, -0.1) is 6.58 Å². The molecule has 0 spiro atoms. The lowest BCUT2D eigenvalue weighted by Crippen LogP contribution is -2.01. The number of benzene rings is 1. The first-order valence-corrected chi connectivity index (χ1v) is 5.47. The number of carbonyl (C=O) groups is 1. The Balaban J connectivity index is 2.93. The molecule has 0 saturated carbocycles. The van der Waals surface area contributed by atoms with Gasteiger partial charge in [0.2, 0.25) is 0 Å². The number of hydrogen-bond acceptors (Lipinski definition) is 2. The first-order chi connectivity index (χ1) is 7.19. The highest BCUT2D eigenvalue weighted by Crippen LogP contribution is 2.26. The van der Waals surface area contributed by atoms with E-state index in [2.05, 4.69) is 22.5 Å². The van der Waals surface area contributed by atoms with Crippen molar-refractivity contribution < 1.29 is 9.53 Å². The Kier molecular flexibility index (Phi) is 4.56. The van der Waals surface area contributed by atoms with Crippen molar-refractivity contribution in [2.45, 2.75) is 13.3 Å². The van der Waals surface area contributed by atoms with Crippen LogP contribution in [0, 0.1) is 6.92 Å². The lowest BCUT2D eigenvalue weighted by atomic mass is 10.1. The highest BCUT2D eigenvalue weighted by molar-refractivity contribution is 9.10. The molecule has 0 aliphatic carbocycles. The molecular formula is C12H13BrO2. The standard InChI is InChI=1S/C12H13BrO2/c1-3-4-5-15-12-9(2)6-11(13)7-10(12)8-14/h3,6-8H,1,4-5H2,2H3. The molecule has 2 nitrogen and oxygen atoms in total. The maximum Gasteiger partial charge on any atom is 0.153 e. The maximum absolute atomic E-state index is 10.8. The second-order valence-corrected chi connectivity index (χ2v) is 4.10. The molecule has 0 atom stereocenters. The van der Waals surface area contributed by atoms with Crippen LogP contribution in [-0.4, -0.2) is 12.9 Å². The van der Waals surface area contributed by atoms with Crippen LogP contribution in [0.4, 0.5) is 0 Å². The zero-order chi connectivity index (χ0) is 11.3. The molecule has 0 fully saturated rings. The van der Waals surface area contributed by atoms with Crippen LogP contribution < -0.4 is 4.74 Å². The van der Waals surface area contributed by atoms with Gasteiger partial charge in [0, 0.05) is 4.47 Å². The first kappa shape index (κ1) is 12.0. The van der Waals surface area contributed by atoms with Crippen molar-refractivity contribution in [3.05, 3.63) is 40.4 Å². The van der Waals surface area contributed by atoms with E-state index in [0.717, 1.165) is 22.7 Å². The fourth-order valence-corrected chi connectivity index (χ4v) is 1.87. The average molecular weight is 269 g/mol. The third-order valence-corrected chi connectivity index (χ3v) is 2.42. The van der Waals surface area contributed by atoms with Crippen molar-refractivity contribution >= 4 is 22.2 Å². The van der Waals surface area contributed by atoms with E-state index in [-0.39, 0.29) is 0 Å². The van der Waals surface area contributed by atoms with Crippen LogP contribution in [0.2, 0.25) is 0 Å². The summed E-state index contributed by atoms with van der Waals surface area (Å²) in [4.78, 5) is 10.8. The van der Waals surface area contributed by atoms with E-state index >= 15 is 0 Å². The van der Waals surface area contributed by atoms with Gasteiger partial charge >= 0.3 is 0 Å². The highest BCUT2D eigenvalue weighted by atomic mass is 79.9. The van der Waals surface area contributed by atoms with Gasteiger partial charge < -0.3 is 4.74 Å². The van der Waals surface area contributed by atoms with E-state index in [1.165, 1.54) is 0 Å². The molecule has 0 amide bonds. The van der Waals surface area contributed by atoms with Crippen LogP contribution in [-0.2, 0) is 0 Å². The Bertz CT molecular complexity index is 372.